The highest BCUT2D eigenvalue weighted by atomic mass is 35.5. The molecule has 0 spiro atoms. The Morgan fingerprint density at radius 1 is 1.00 bits per heavy atom. The van der Waals surface area contributed by atoms with Crippen molar-refractivity contribution in [3.63, 3.8) is 0 Å². The van der Waals surface area contributed by atoms with Gasteiger partial charge in [-0.1, -0.05) is 46.4 Å². The van der Waals surface area contributed by atoms with Crippen LogP contribution in [-0.4, -0.2) is 4.98 Å². The van der Waals surface area contributed by atoms with Gasteiger partial charge in [0, 0.05) is 16.2 Å². The van der Waals surface area contributed by atoms with E-state index < -0.39 is 6.04 Å². The molecule has 0 fully saturated rings. The van der Waals surface area contributed by atoms with Crippen molar-refractivity contribution in [2.45, 2.75) is 6.04 Å². The van der Waals surface area contributed by atoms with Crippen molar-refractivity contribution >= 4 is 46.4 Å². The first kappa shape index (κ1) is 14.9. The molecular formula is C12H9Cl4N3. The second-order valence-electron chi connectivity index (χ2n) is 3.79. The molecule has 1 unspecified atom stereocenters. The van der Waals surface area contributed by atoms with Gasteiger partial charge in [-0.25, -0.2) is 5.43 Å². The smallest absolute Gasteiger partial charge is 0.0911 e. The Morgan fingerprint density at radius 3 is 2.37 bits per heavy atom. The van der Waals surface area contributed by atoms with Crippen LogP contribution in [0, 0.1) is 0 Å². The van der Waals surface area contributed by atoms with Crippen LogP contribution >= 0.6 is 46.4 Å². The normalized spacial score (nSPS) is 12.5. The summed E-state index contributed by atoms with van der Waals surface area (Å²) in [6, 6.07) is 6.21. The highest BCUT2D eigenvalue weighted by Crippen LogP contribution is 2.33. The van der Waals surface area contributed by atoms with E-state index in [2.05, 4.69) is 10.4 Å². The van der Waals surface area contributed by atoms with E-state index in [1.807, 2.05) is 0 Å². The van der Waals surface area contributed by atoms with Crippen LogP contribution in [0.15, 0.2) is 30.5 Å². The van der Waals surface area contributed by atoms with Crippen LogP contribution in [0.2, 0.25) is 20.1 Å². The number of hydrazine groups is 1. The van der Waals surface area contributed by atoms with E-state index in [0.29, 0.717) is 31.3 Å². The molecule has 0 saturated heterocycles. The summed E-state index contributed by atoms with van der Waals surface area (Å²) in [6.45, 7) is 0. The van der Waals surface area contributed by atoms with Crippen LogP contribution in [0.1, 0.15) is 17.3 Å². The summed E-state index contributed by atoms with van der Waals surface area (Å²) in [6.07, 6.45) is 1.49. The van der Waals surface area contributed by atoms with Crippen LogP contribution in [-0.2, 0) is 0 Å². The molecule has 0 radical (unpaired) electrons. The standard InChI is InChI=1S/C12H9Cl4N3/c13-6-1-2-9(15)8(3-6)11(19-17)12-10(16)4-7(14)5-18-12/h1-5,11,19H,17H2. The lowest BCUT2D eigenvalue weighted by atomic mass is 10.0. The first-order valence-corrected chi connectivity index (χ1v) is 6.76. The topological polar surface area (TPSA) is 50.9 Å². The Morgan fingerprint density at radius 2 is 1.74 bits per heavy atom. The number of hydrogen-bond donors (Lipinski definition) is 2. The van der Waals surface area contributed by atoms with Gasteiger partial charge in [0.2, 0.25) is 0 Å². The molecule has 0 bridgehead atoms. The molecule has 0 aliphatic carbocycles. The van der Waals surface area contributed by atoms with Gasteiger partial charge in [-0.15, -0.1) is 0 Å². The van der Waals surface area contributed by atoms with Crippen molar-refractivity contribution in [3.05, 3.63) is 61.8 Å². The highest BCUT2D eigenvalue weighted by Gasteiger charge is 2.20. The van der Waals surface area contributed by atoms with Crippen LogP contribution in [0.4, 0.5) is 0 Å². The number of halogens is 4. The fraction of sp³-hybridized carbons (Fsp3) is 0.0833. The van der Waals surface area contributed by atoms with Gasteiger partial charge in [0.05, 0.1) is 21.8 Å². The number of hydrogen-bond acceptors (Lipinski definition) is 3. The predicted octanol–water partition coefficient (Wildman–Crippen LogP) is 4.25. The summed E-state index contributed by atoms with van der Waals surface area (Å²) in [4.78, 5) is 4.19. The van der Waals surface area contributed by atoms with E-state index >= 15 is 0 Å². The molecule has 1 heterocycles. The maximum absolute atomic E-state index is 6.15. The van der Waals surface area contributed by atoms with Crippen molar-refractivity contribution in [1.82, 2.24) is 10.4 Å². The molecule has 1 aromatic heterocycles. The average molecular weight is 337 g/mol. The van der Waals surface area contributed by atoms with Gasteiger partial charge in [-0.2, -0.15) is 0 Å². The maximum Gasteiger partial charge on any atom is 0.0911 e. The molecule has 0 saturated carbocycles. The fourth-order valence-corrected chi connectivity index (χ4v) is 2.59. The van der Waals surface area contributed by atoms with E-state index in [0.717, 1.165) is 0 Å². The SMILES string of the molecule is NNC(c1cc(Cl)ccc1Cl)c1ncc(Cl)cc1Cl. The number of nitrogens with two attached hydrogens (primary N) is 1. The third kappa shape index (κ3) is 3.31. The summed E-state index contributed by atoms with van der Waals surface area (Å²) in [5.74, 6) is 5.58. The van der Waals surface area contributed by atoms with Gasteiger partial charge in [-0.3, -0.25) is 10.8 Å². The average Bonchev–Trinajstić information content (AvgIpc) is 2.36. The molecule has 0 aliphatic rings. The lowest BCUT2D eigenvalue weighted by molar-refractivity contribution is 0.621. The predicted molar refractivity (Wildman–Crippen MR) is 79.9 cm³/mol. The molecule has 2 rings (SSSR count). The number of nitrogens with zero attached hydrogens (tertiary/aromatic N) is 1. The van der Waals surface area contributed by atoms with Crippen molar-refractivity contribution in [2.75, 3.05) is 0 Å². The lowest BCUT2D eigenvalue weighted by Gasteiger charge is -2.18. The van der Waals surface area contributed by atoms with E-state index in [4.69, 9.17) is 52.2 Å². The van der Waals surface area contributed by atoms with E-state index in [1.54, 1.807) is 24.3 Å². The minimum atomic E-state index is -0.476. The minimum absolute atomic E-state index is 0.395. The summed E-state index contributed by atoms with van der Waals surface area (Å²) in [5, 5.41) is 1.90. The molecule has 19 heavy (non-hydrogen) atoms. The number of aromatic nitrogens is 1. The summed E-state index contributed by atoms with van der Waals surface area (Å²) < 4.78 is 0. The molecule has 2 aromatic rings. The minimum Gasteiger partial charge on any atom is -0.271 e. The summed E-state index contributed by atoms with van der Waals surface area (Å²) in [7, 11) is 0. The Labute approximate surface area is 130 Å². The molecule has 0 aliphatic heterocycles. The number of benzene rings is 1. The molecule has 1 aromatic carbocycles. The Bertz CT molecular complexity index is 604. The summed E-state index contributed by atoms with van der Waals surface area (Å²) >= 11 is 24.1. The quantitative estimate of drug-likeness (QED) is 0.650. The zero-order valence-electron chi connectivity index (χ0n) is 9.50. The Balaban J connectivity index is 2.52. The highest BCUT2D eigenvalue weighted by molar-refractivity contribution is 6.35. The number of pyridine rings is 1. The van der Waals surface area contributed by atoms with Crippen molar-refractivity contribution in [3.8, 4) is 0 Å². The molecular weight excluding hydrogens is 328 g/mol. The van der Waals surface area contributed by atoms with Gasteiger partial charge in [0.1, 0.15) is 0 Å². The largest absolute Gasteiger partial charge is 0.271 e. The van der Waals surface area contributed by atoms with Crippen LogP contribution < -0.4 is 11.3 Å². The van der Waals surface area contributed by atoms with Gasteiger partial charge in [0.25, 0.3) is 0 Å². The molecule has 3 N–H and O–H groups in total. The second kappa shape index (κ2) is 6.27. The van der Waals surface area contributed by atoms with Gasteiger partial charge >= 0.3 is 0 Å². The third-order valence-electron chi connectivity index (χ3n) is 2.55. The molecule has 7 heteroatoms. The maximum atomic E-state index is 6.15. The number of rotatable bonds is 3. The van der Waals surface area contributed by atoms with Crippen molar-refractivity contribution in [2.24, 2.45) is 5.84 Å². The van der Waals surface area contributed by atoms with Crippen molar-refractivity contribution in [1.29, 1.82) is 0 Å². The van der Waals surface area contributed by atoms with Gasteiger partial charge in [-0.05, 0) is 29.8 Å². The molecule has 0 amide bonds. The first-order valence-electron chi connectivity index (χ1n) is 5.25. The Hall–Kier alpha value is -0.550. The number of nitrogens with one attached hydrogen (secondary N) is 1. The zero-order valence-corrected chi connectivity index (χ0v) is 12.5. The lowest BCUT2D eigenvalue weighted by Crippen LogP contribution is -2.30. The summed E-state index contributed by atoms with van der Waals surface area (Å²) in [5.41, 5.74) is 3.84. The molecule has 1 atom stereocenters. The first-order chi connectivity index (χ1) is 9.02. The van der Waals surface area contributed by atoms with E-state index in [-0.39, 0.29) is 0 Å². The third-order valence-corrected chi connectivity index (χ3v) is 3.63. The fourth-order valence-electron chi connectivity index (χ4n) is 1.69. The van der Waals surface area contributed by atoms with E-state index in [1.165, 1.54) is 6.20 Å². The second-order valence-corrected chi connectivity index (χ2v) is 5.47. The molecule has 3 nitrogen and oxygen atoms in total. The van der Waals surface area contributed by atoms with Crippen LogP contribution in [0.5, 0.6) is 0 Å². The Kier molecular flexibility index (Phi) is 4.90. The van der Waals surface area contributed by atoms with Crippen LogP contribution in [0.3, 0.4) is 0 Å². The van der Waals surface area contributed by atoms with Gasteiger partial charge in [0.15, 0.2) is 0 Å². The van der Waals surface area contributed by atoms with Crippen molar-refractivity contribution < 1.29 is 0 Å². The van der Waals surface area contributed by atoms with Crippen LogP contribution in [0.25, 0.3) is 0 Å². The molecule has 100 valence electrons. The van der Waals surface area contributed by atoms with E-state index in [9.17, 15) is 0 Å². The monoisotopic (exact) mass is 335 g/mol. The van der Waals surface area contributed by atoms with Gasteiger partial charge < -0.3 is 0 Å². The zero-order chi connectivity index (χ0) is 14.0.